The number of nitrogens with zero attached hydrogens (tertiary/aromatic N) is 3. The predicted molar refractivity (Wildman–Crippen MR) is 138 cm³/mol. The molecule has 1 atom stereocenters. The van der Waals surface area contributed by atoms with Crippen LogP contribution in [0.25, 0.3) is 22.6 Å². The minimum Gasteiger partial charge on any atom is -0.379 e. The molecule has 1 aliphatic rings. The molecule has 0 bridgehead atoms. The first-order valence-corrected chi connectivity index (χ1v) is 12.5. The lowest BCUT2D eigenvalue weighted by atomic mass is 10.0. The number of morpholine rings is 1. The summed E-state index contributed by atoms with van der Waals surface area (Å²) in [4.78, 5) is 20.0. The van der Waals surface area contributed by atoms with Crippen LogP contribution in [-0.4, -0.2) is 52.6 Å². The summed E-state index contributed by atoms with van der Waals surface area (Å²) in [7, 11) is 0. The van der Waals surface area contributed by atoms with E-state index in [-0.39, 0.29) is 5.78 Å². The number of rotatable bonds is 9. The van der Waals surface area contributed by atoms with Gasteiger partial charge < -0.3 is 9.30 Å². The number of hydrogen-bond acceptors (Lipinski definition) is 4. The Bertz CT molecular complexity index is 1100. The molecule has 3 aromatic rings. The van der Waals surface area contributed by atoms with Gasteiger partial charge in [-0.3, -0.25) is 9.69 Å². The van der Waals surface area contributed by atoms with E-state index in [4.69, 9.17) is 21.3 Å². The molecule has 1 unspecified atom stereocenters. The molecule has 180 valence electrons. The fourth-order valence-electron chi connectivity index (χ4n) is 4.54. The first kappa shape index (κ1) is 24.6. The highest BCUT2D eigenvalue weighted by atomic mass is 35.5. The molecule has 1 aliphatic heterocycles. The smallest absolute Gasteiger partial charge is 0.152 e. The number of Topliss-reactive ketones (excluding diaryl/α,β-unsaturated/α-hetero) is 1. The summed E-state index contributed by atoms with van der Waals surface area (Å²) in [5.74, 6) is 1.30. The van der Waals surface area contributed by atoms with E-state index < -0.39 is 0 Å². The maximum atomic E-state index is 12.6. The van der Waals surface area contributed by atoms with E-state index in [1.807, 2.05) is 35.0 Å². The zero-order valence-corrected chi connectivity index (χ0v) is 21.1. The quantitative estimate of drug-likeness (QED) is 0.392. The molecule has 2 heterocycles. The highest BCUT2D eigenvalue weighted by molar-refractivity contribution is 6.30. The average molecular weight is 480 g/mol. The largest absolute Gasteiger partial charge is 0.379 e. The summed E-state index contributed by atoms with van der Waals surface area (Å²) in [6.07, 6.45) is 3.55. The van der Waals surface area contributed by atoms with Crippen molar-refractivity contribution in [1.29, 1.82) is 0 Å². The number of imidazole rings is 1. The van der Waals surface area contributed by atoms with Gasteiger partial charge in [-0.05, 0) is 37.0 Å². The fourth-order valence-corrected chi connectivity index (χ4v) is 4.73. The summed E-state index contributed by atoms with van der Waals surface area (Å²) >= 11 is 6.25. The van der Waals surface area contributed by atoms with E-state index in [9.17, 15) is 4.79 Å². The number of carbonyl (C=O) groups is 1. The van der Waals surface area contributed by atoms with Crippen LogP contribution in [0.5, 0.6) is 0 Å². The van der Waals surface area contributed by atoms with E-state index in [1.165, 1.54) is 5.56 Å². The van der Waals surface area contributed by atoms with E-state index in [1.54, 1.807) is 0 Å². The first-order chi connectivity index (χ1) is 16.4. The standard InChI is InChI=1S/C28H34ClN3O2/c1-20(2)15-26(33)18-32-19-27(30-28(32)24-5-4-6-25(29)17-24)23-9-7-22(8-10-23)16-21(3)31-11-13-34-14-12-31/h4-10,17,19-21H,11-16,18H2,1-3H3. The number of aromatic nitrogens is 2. The van der Waals surface area contributed by atoms with Crippen LogP contribution in [0, 0.1) is 5.92 Å². The van der Waals surface area contributed by atoms with E-state index in [0.717, 1.165) is 55.4 Å². The van der Waals surface area contributed by atoms with Crippen LogP contribution >= 0.6 is 11.6 Å². The van der Waals surface area contributed by atoms with Crippen molar-refractivity contribution in [3.05, 3.63) is 65.3 Å². The number of benzene rings is 2. The Balaban J connectivity index is 1.55. The van der Waals surface area contributed by atoms with E-state index in [2.05, 4.69) is 49.9 Å². The van der Waals surface area contributed by atoms with Crippen molar-refractivity contribution in [2.24, 2.45) is 5.92 Å². The highest BCUT2D eigenvalue weighted by Gasteiger charge is 2.18. The second-order valence-corrected chi connectivity index (χ2v) is 10.1. The second kappa shape index (κ2) is 11.3. The third-order valence-corrected chi connectivity index (χ3v) is 6.53. The Morgan fingerprint density at radius 3 is 2.47 bits per heavy atom. The van der Waals surface area contributed by atoms with Crippen molar-refractivity contribution < 1.29 is 9.53 Å². The van der Waals surface area contributed by atoms with Crippen molar-refractivity contribution >= 4 is 17.4 Å². The van der Waals surface area contributed by atoms with Gasteiger partial charge in [0.05, 0.1) is 25.5 Å². The molecule has 0 saturated carbocycles. The Kier molecular flexibility index (Phi) is 8.19. The topological polar surface area (TPSA) is 47.4 Å². The van der Waals surface area contributed by atoms with Gasteiger partial charge in [0, 0.05) is 47.9 Å². The van der Waals surface area contributed by atoms with Crippen LogP contribution in [0.15, 0.2) is 54.7 Å². The predicted octanol–water partition coefficient (Wildman–Crippen LogP) is 5.75. The van der Waals surface area contributed by atoms with Crippen LogP contribution in [0.4, 0.5) is 0 Å². The lowest BCUT2D eigenvalue weighted by molar-refractivity contribution is -0.120. The van der Waals surface area contributed by atoms with Gasteiger partial charge in [0.15, 0.2) is 5.78 Å². The minimum absolute atomic E-state index is 0.203. The van der Waals surface area contributed by atoms with Gasteiger partial charge in [0.1, 0.15) is 5.82 Å². The Morgan fingerprint density at radius 1 is 1.06 bits per heavy atom. The van der Waals surface area contributed by atoms with Gasteiger partial charge in [0.25, 0.3) is 0 Å². The van der Waals surface area contributed by atoms with Crippen LogP contribution < -0.4 is 0 Å². The summed E-state index contributed by atoms with van der Waals surface area (Å²) in [5, 5.41) is 0.654. The highest BCUT2D eigenvalue weighted by Crippen LogP contribution is 2.27. The summed E-state index contributed by atoms with van der Waals surface area (Å²) in [6.45, 7) is 10.4. The van der Waals surface area contributed by atoms with Gasteiger partial charge in [-0.2, -0.15) is 0 Å². The molecule has 1 aromatic heterocycles. The molecule has 0 amide bonds. The Morgan fingerprint density at radius 2 is 1.79 bits per heavy atom. The minimum atomic E-state index is 0.203. The molecule has 6 heteroatoms. The zero-order chi connectivity index (χ0) is 24.1. The van der Waals surface area contributed by atoms with Crippen molar-refractivity contribution in [2.75, 3.05) is 26.3 Å². The maximum absolute atomic E-state index is 12.6. The molecular formula is C28H34ClN3O2. The molecule has 0 radical (unpaired) electrons. The summed E-state index contributed by atoms with van der Waals surface area (Å²) in [5.41, 5.74) is 4.12. The number of halogens is 1. The van der Waals surface area contributed by atoms with Crippen LogP contribution in [0.2, 0.25) is 5.02 Å². The molecule has 4 rings (SSSR count). The normalized spacial score (nSPS) is 15.6. The second-order valence-electron chi connectivity index (χ2n) is 9.62. The van der Waals surface area contributed by atoms with E-state index in [0.29, 0.717) is 29.9 Å². The molecule has 0 N–H and O–H groups in total. The SMILES string of the molecule is CC(C)CC(=O)Cn1cc(-c2ccc(CC(C)N3CCOCC3)cc2)nc1-c1cccc(Cl)c1. The Hall–Kier alpha value is -2.47. The van der Waals surface area contributed by atoms with Crippen molar-refractivity contribution in [3.8, 4) is 22.6 Å². The number of ether oxygens (including phenoxy) is 1. The number of ketones is 1. The maximum Gasteiger partial charge on any atom is 0.152 e. The Labute approximate surface area is 207 Å². The van der Waals surface area contributed by atoms with Crippen molar-refractivity contribution in [1.82, 2.24) is 14.5 Å². The number of carbonyl (C=O) groups excluding carboxylic acids is 1. The molecule has 2 aromatic carbocycles. The molecule has 34 heavy (non-hydrogen) atoms. The first-order valence-electron chi connectivity index (χ1n) is 12.1. The van der Waals surface area contributed by atoms with Crippen molar-refractivity contribution in [2.45, 2.75) is 46.2 Å². The third-order valence-electron chi connectivity index (χ3n) is 6.29. The summed E-state index contributed by atoms with van der Waals surface area (Å²) < 4.78 is 7.44. The summed E-state index contributed by atoms with van der Waals surface area (Å²) in [6, 6.07) is 16.8. The van der Waals surface area contributed by atoms with Crippen LogP contribution in [-0.2, 0) is 22.5 Å². The number of hydrogen-bond donors (Lipinski definition) is 0. The zero-order valence-electron chi connectivity index (χ0n) is 20.3. The molecule has 5 nitrogen and oxygen atoms in total. The molecule has 1 saturated heterocycles. The van der Waals surface area contributed by atoms with Crippen LogP contribution in [0.1, 0.15) is 32.8 Å². The molecular weight excluding hydrogens is 446 g/mol. The monoisotopic (exact) mass is 479 g/mol. The van der Waals surface area contributed by atoms with Gasteiger partial charge in [-0.15, -0.1) is 0 Å². The lowest BCUT2D eigenvalue weighted by Gasteiger charge is -2.32. The van der Waals surface area contributed by atoms with Gasteiger partial charge >= 0.3 is 0 Å². The van der Waals surface area contributed by atoms with Crippen molar-refractivity contribution in [3.63, 3.8) is 0 Å². The van der Waals surface area contributed by atoms with Gasteiger partial charge in [-0.1, -0.05) is 61.8 Å². The molecule has 0 spiro atoms. The van der Waals surface area contributed by atoms with Gasteiger partial charge in [0.2, 0.25) is 0 Å². The lowest BCUT2D eigenvalue weighted by Crippen LogP contribution is -2.43. The molecule has 1 fully saturated rings. The van der Waals surface area contributed by atoms with Crippen LogP contribution in [0.3, 0.4) is 0 Å². The fraction of sp³-hybridized carbons (Fsp3) is 0.429. The van der Waals surface area contributed by atoms with E-state index >= 15 is 0 Å². The van der Waals surface area contributed by atoms with Gasteiger partial charge in [-0.25, -0.2) is 4.98 Å². The third kappa shape index (κ3) is 6.35. The molecule has 0 aliphatic carbocycles. The average Bonchev–Trinajstić information content (AvgIpc) is 3.23.